The average molecular weight is 398 g/mol. The molecule has 0 radical (unpaired) electrons. The van der Waals surface area contributed by atoms with Crippen LogP contribution in [0.3, 0.4) is 0 Å². The van der Waals surface area contributed by atoms with Crippen molar-refractivity contribution in [1.82, 2.24) is 0 Å². The molecule has 7 heteroatoms. The largest absolute Gasteiger partial charge is 0.486 e. The molecule has 3 aromatic rings. The Morgan fingerprint density at radius 3 is 2.61 bits per heavy atom. The van der Waals surface area contributed by atoms with Gasteiger partial charge in [-0.25, -0.2) is 0 Å². The van der Waals surface area contributed by atoms with E-state index < -0.39 is 4.92 Å². The number of furan rings is 1. The number of ether oxygens (including phenoxy) is 1. The summed E-state index contributed by atoms with van der Waals surface area (Å²) in [6.45, 7) is 1.81. The summed E-state index contributed by atoms with van der Waals surface area (Å²) in [5.74, 6) is 1.43. The van der Waals surface area contributed by atoms with Gasteiger partial charge in [0.2, 0.25) is 0 Å². The number of hydrogen-bond acceptors (Lipinski definition) is 5. The van der Waals surface area contributed by atoms with E-state index in [0.29, 0.717) is 33.4 Å². The molecule has 0 saturated carbocycles. The van der Waals surface area contributed by atoms with Crippen LogP contribution in [0.2, 0.25) is 5.02 Å². The van der Waals surface area contributed by atoms with Crippen molar-refractivity contribution in [3.05, 3.63) is 98.5 Å². The smallest absolute Gasteiger partial charge is 0.272 e. The monoisotopic (exact) mass is 397 g/mol. The summed E-state index contributed by atoms with van der Waals surface area (Å²) in [5.41, 5.74) is 1.10. The van der Waals surface area contributed by atoms with Gasteiger partial charge in [-0.05, 0) is 67.6 Å². The summed E-state index contributed by atoms with van der Waals surface area (Å²) in [6.07, 6.45) is 3.00. The molecule has 0 spiro atoms. The maximum atomic E-state index is 12.1. The van der Waals surface area contributed by atoms with Crippen LogP contribution < -0.4 is 4.74 Å². The van der Waals surface area contributed by atoms with E-state index in [1.165, 1.54) is 12.1 Å². The molecular weight excluding hydrogens is 382 g/mol. The maximum Gasteiger partial charge on any atom is 0.272 e. The highest BCUT2D eigenvalue weighted by atomic mass is 35.5. The highest BCUT2D eigenvalue weighted by Crippen LogP contribution is 2.24. The van der Waals surface area contributed by atoms with E-state index in [1.807, 2.05) is 0 Å². The molecule has 0 unspecified atom stereocenters. The molecule has 0 fully saturated rings. The van der Waals surface area contributed by atoms with Crippen molar-refractivity contribution in [2.45, 2.75) is 13.5 Å². The van der Waals surface area contributed by atoms with Crippen LogP contribution in [0.15, 0.2) is 65.1 Å². The number of aryl methyl sites for hydroxylation is 1. The number of carbonyl (C=O) groups is 1. The van der Waals surface area contributed by atoms with Gasteiger partial charge < -0.3 is 9.15 Å². The van der Waals surface area contributed by atoms with Crippen molar-refractivity contribution < 1.29 is 18.9 Å². The highest BCUT2D eigenvalue weighted by molar-refractivity contribution is 6.30. The zero-order chi connectivity index (χ0) is 20.1. The van der Waals surface area contributed by atoms with Crippen LogP contribution in [-0.2, 0) is 6.61 Å². The van der Waals surface area contributed by atoms with E-state index in [1.54, 1.807) is 61.5 Å². The lowest BCUT2D eigenvalue weighted by Crippen LogP contribution is -1.96. The molecule has 1 heterocycles. The van der Waals surface area contributed by atoms with Crippen LogP contribution in [0.25, 0.3) is 6.08 Å². The first-order chi connectivity index (χ1) is 13.4. The average Bonchev–Trinajstić information content (AvgIpc) is 3.12. The van der Waals surface area contributed by atoms with Crippen molar-refractivity contribution >= 4 is 29.1 Å². The minimum Gasteiger partial charge on any atom is -0.486 e. The summed E-state index contributed by atoms with van der Waals surface area (Å²) >= 11 is 5.81. The fourth-order valence-corrected chi connectivity index (χ4v) is 2.63. The molecule has 0 amide bonds. The molecular formula is C21H16ClNO5. The standard InChI is InChI=1S/C21H16ClNO5/c1-14-12-18(8-10-20(14)23(25)26)27-13-19-7-6-17(28-19)9-11-21(24)15-2-4-16(22)5-3-15/h2-12H,13H2,1H3/b11-9+. The minimum atomic E-state index is -0.435. The number of allylic oxidation sites excluding steroid dienone is 1. The lowest BCUT2D eigenvalue weighted by atomic mass is 10.1. The van der Waals surface area contributed by atoms with Gasteiger partial charge in [0.1, 0.15) is 23.9 Å². The van der Waals surface area contributed by atoms with Gasteiger partial charge in [-0.3, -0.25) is 14.9 Å². The summed E-state index contributed by atoms with van der Waals surface area (Å²) in [5, 5.41) is 11.4. The highest BCUT2D eigenvalue weighted by Gasteiger charge is 2.11. The van der Waals surface area contributed by atoms with Gasteiger partial charge in [0.05, 0.1) is 4.92 Å². The first-order valence-corrected chi connectivity index (χ1v) is 8.75. The number of nitrogens with zero attached hydrogens (tertiary/aromatic N) is 1. The van der Waals surface area contributed by atoms with Gasteiger partial charge in [-0.2, -0.15) is 0 Å². The third kappa shape index (κ3) is 4.86. The molecule has 142 valence electrons. The lowest BCUT2D eigenvalue weighted by molar-refractivity contribution is -0.385. The Balaban J connectivity index is 1.59. The molecule has 0 aliphatic carbocycles. The quantitative estimate of drug-likeness (QED) is 0.223. The van der Waals surface area contributed by atoms with Crippen LogP contribution in [0.5, 0.6) is 5.75 Å². The van der Waals surface area contributed by atoms with Crippen molar-refractivity contribution in [1.29, 1.82) is 0 Å². The summed E-state index contributed by atoms with van der Waals surface area (Å²) in [4.78, 5) is 22.5. The Kier molecular flexibility index (Phi) is 5.91. The number of rotatable bonds is 7. The van der Waals surface area contributed by atoms with E-state index in [-0.39, 0.29) is 18.1 Å². The number of halogens is 1. The van der Waals surface area contributed by atoms with Gasteiger partial charge in [0, 0.05) is 22.2 Å². The second-order valence-corrected chi connectivity index (χ2v) is 6.44. The van der Waals surface area contributed by atoms with Crippen LogP contribution in [0.4, 0.5) is 5.69 Å². The Hall–Kier alpha value is -3.38. The Morgan fingerprint density at radius 1 is 1.18 bits per heavy atom. The number of nitro benzene ring substituents is 1. The SMILES string of the molecule is Cc1cc(OCc2ccc(/C=C/C(=O)c3ccc(Cl)cc3)o2)ccc1[N+](=O)[O-]. The molecule has 28 heavy (non-hydrogen) atoms. The van der Waals surface area contributed by atoms with Gasteiger partial charge in [0.25, 0.3) is 5.69 Å². The third-order valence-electron chi connectivity index (χ3n) is 3.96. The summed E-state index contributed by atoms with van der Waals surface area (Å²) in [7, 11) is 0. The first kappa shape index (κ1) is 19.4. The van der Waals surface area contributed by atoms with Gasteiger partial charge in [0.15, 0.2) is 5.78 Å². The third-order valence-corrected chi connectivity index (χ3v) is 4.21. The van der Waals surface area contributed by atoms with Gasteiger partial charge in [-0.15, -0.1) is 0 Å². The van der Waals surface area contributed by atoms with Crippen molar-refractivity contribution in [3.8, 4) is 5.75 Å². The topological polar surface area (TPSA) is 82.6 Å². The van der Waals surface area contributed by atoms with Crippen LogP contribution in [0.1, 0.15) is 27.4 Å². The molecule has 0 aliphatic rings. The Labute approximate surface area is 166 Å². The molecule has 2 aromatic carbocycles. The number of carbonyl (C=O) groups excluding carboxylic acids is 1. The molecule has 3 rings (SSSR count). The normalized spacial score (nSPS) is 10.9. The van der Waals surface area contributed by atoms with E-state index in [2.05, 4.69) is 0 Å². The van der Waals surface area contributed by atoms with Crippen molar-refractivity contribution in [2.75, 3.05) is 0 Å². The molecule has 0 N–H and O–H groups in total. The van der Waals surface area contributed by atoms with E-state index in [9.17, 15) is 14.9 Å². The molecule has 0 bridgehead atoms. The molecule has 0 saturated heterocycles. The van der Waals surface area contributed by atoms with Gasteiger partial charge >= 0.3 is 0 Å². The van der Waals surface area contributed by atoms with E-state index >= 15 is 0 Å². The molecule has 0 aliphatic heterocycles. The maximum absolute atomic E-state index is 12.1. The van der Waals surface area contributed by atoms with Crippen LogP contribution in [0, 0.1) is 17.0 Å². The minimum absolute atomic E-state index is 0.0446. The first-order valence-electron chi connectivity index (χ1n) is 8.37. The summed E-state index contributed by atoms with van der Waals surface area (Å²) < 4.78 is 11.2. The van der Waals surface area contributed by atoms with E-state index in [0.717, 1.165) is 0 Å². The zero-order valence-electron chi connectivity index (χ0n) is 14.9. The summed E-state index contributed by atoms with van der Waals surface area (Å²) in [6, 6.07) is 14.6. The molecule has 6 nitrogen and oxygen atoms in total. The lowest BCUT2D eigenvalue weighted by Gasteiger charge is -2.05. The Bertz CT molecular complexity index is 1040. The number of ketones is 1. The molecule has 1 aromatic heterocycles. The van der Waals surface area contributed by atoms with Crippen LogP contribution >= 0.6 is 11.6 Å². The molecule has 0 atom stereocenters. The zero-order valence-corrected chi connectivity index (χ0v) is 15.7. The fraction of sp³-hybridized carbons (Fsp3) is 0.0952. The predicted molar refractivity (Wildman–Crippen MR) is 106 cm³/mol. The number of hydrogen-bond donors (Lipinski definition) is 0. The number of benzene rings is 2. The van der Waals surface area contributed by atoms with Crippen molar-refractivity contribution in [2.24, 2.45) is 0 Å². The Morgan fingerprint density at radius 2 is 1.93 bits per heavy atom. The fourth-order valence-electron chi connectivity index (χ4n) is 2.51. The van der Waals surface area contributed by atoms with Crippen molar-refractivity contribution in [3.63, 3.8) is 0 Å². The number of nitro groups is 1. The van der Waals surface area contributed by atoms with Gasteiger partial charge in [-0.1, -0.05) is 11.6 Å². The van der Waals surface area contributed by atoms with E-state index in [4.69, 9.17) is 20.8 Å². The predicted octanol–water partition coefficient (Wildman–Crippen LogP) is 5.62. The second-order valence-electron chi connectivity index (χ2n) is 6.00. The van der Waals surface area contributed by atoms with Crippen LogP contribution in [-0.4, -0.2) is 10.7 Å². The second kappa shape index (κ2) is 8.54.